The number of ether oxygens (including phenoxy) is 1. The van der Waals surface area contributed by atoms with Gasteiger partial charge in [0.1, 0.15) is 0 Å². The highest BCUT2D eigenvalue weighted by Gasteiger charge is 2.29. The van der Waals surface area contributed by atoms with Gasteiger partial charge in [0.05, 0.1) is 29.5 Å². The quantitative estimate of drug-likeness (QED) is 0.721. The average molecular weight is 322 g/mol. The molecule has 0 radical (unpaired) electrons. The van der Waals surface area contributed by atoms with Crippen LogP contribution < -0.4 is 0 Å². The number of halogens is 2. The molecule has 0 N–H and O–H groups in total. The van der Waals surface area contributed by atoms with Crippen molar-refractivity contribution in [2.24, 2.45) is 5.92 Å². The largest absolute Gasteiger partial charge is 0.383 e. The van der Waals surface area contributed by atoms with Gasteiger partial charge in [-0.3, -0.25) is 4.68 Å². The fourth-order valence-electron chi connectivity index (χ4n) is 1.98. The molecule has 1 aliphatic rings. The molecule has 1 aliphatic carbocycles. The molecule has 0 saturated heterocycles. The molecule has 0 spiro atoms. The van der Waals surface area contributed by atoms with E-state index in [1.165, 1.54) is 18.5 Å². The molecule has 2 rings (SSSR count). The van der Waals surface area contributed by atoms with Crippen LogP contribution in [-0.2, 0) is 17.7 Å². The third kappa shape index (κ3) is 3.70. The Hall–Kier alpha value is -0.0600. The number of aromatic nitrogens is 2. The Bertz CT molecular complexity index is 365. The van der Waals surface area contributed by atoms with Crippen LogP contribution in [0.2, 0.25) is 0 Å². The Labute approximate surface area is 116 Å². The van der Waals surface area contributed by atoms with Gasteiger partial charge in [0.25, 0.3) is 0 Å². The molecule has 1 atom stereocenters. The average Bonchev–Trinajstić information content (AvgIpc) is 3.10. The van der Waals surface area contributed by atoms with Crippen LogP contribution in [0.1, 0.15) is 25.0 Å². The summed E-state index contributed by atoms with van der Waals surface area (Å²) in [5, 5.41) is 4.66. The summed E-state index contributed by atoms with van der Waals surface area (Å²) in [6.45, 7) is 1.49. The first-order valence-corrected chi connectivity index (χ1v) is 7.28. The monoisotopic (exact) mass is 320 g/mol. The first-order chi connectivity index (χ1) is 8.22. The van der Waals surface area contributed by atoms with Crippen molar-refractivity contribution in [3.8, 4) is 0 Å². The molecule has 1 aromatic heterocycles. The van der Waals surface area contributed by atoms with E-state index in [1.807, 2.05) is 10.9 Å². The van der Waals surface area contributed by atoms with Crippen LogP contribution in [0.15, 0.2) is 10.7 Å². The van der Waals surface area contributed by atoms with Gasteiger partial charge in [0.15, 0.2) is 0 Å². The summed E-state index contributed by atoms with van der Waals surface area (Å²) < 4.78 is 8.16. The van der Waals surface area contributed by atoms with Crippen molar-refractivity contribution in [2.75, 3.05) is 13.7 Å². The maximum absolute atomic E-state index is 6.33. The standard InChI is InChI=1S/C12H18BrClN2O/c1-17-7-6-16-12(10(13)8-15-16)5-4-11(14)9-2-3-9/h8-9,11H,2-7H2,1H3. The molecule has 17 heavy (non-hydrogen) atoms. The maximum Gasteiger partial charge on any atom is 0.0658 e. The highest BCUT2D eigenvalue weighted by molar-refractivity contribution is 9.10. The van der Waals surface area contributed by atoms with Crippen molar-refractivity contribution in [1.29, 1.82) is 0 Å². The van der Waals surface area contributed by atoms with Crippen LogP contribution >= 0.6 is 27.5 Å². The van der Waals surface area contributed by atoms with Crippen LogP contribution in [0.5, 0.6) is 0 Å². The van der Waals surface area contributed by atoms with Gasteiger partial charge < -0.3 is 4.74 Å². The first kappa shape index (κ1) is 13.4. The van der Waals surface area contributed by atoms with Crippen LogP contribution in [0.25, 0.3) is 0 Å². The lowest BCUT2D eigenvalue weighted by Crippen LogP contribution is -2.11. The molecule has 1 saturated carbocycles. The second-order valence-electron chi connectivity index (χ2n) is 4.55. The Kier molecular flexibility index (Phi) is 4.88. The highest BCUT2D eigenvalue weighted by Crippen LogP contribution is 2.37. The fourth-order valence-corrected chi connectivity index (χ4v) is 2.83. The van der Waals surface area contributed by atoms with Gasteiger partial charge in [-0.25, -0.2) is 0 Å². The SMILES string of the molecule is COCCn1ncc(Br)c1CCC(Cl)C1CC1. The fraction of sp³-hybridized carbons (Fsp3) is 0.750. The Morgan fingerprint density at radius 1 is 1.65 bits per heavy atom. The summed E-state index contributed by atoms with van der Waals surface area (Å²) >= 11 is 9.88. The normalized spacial score (nSPS) is 17.4. The predicted molar refractivity (Wildman–Crippen MR) is 72.5 cm³/mol. The Balaban J connectivity index is 1.90. The van der Waals surface area contributed by atoms with Crippen molar-refractivity contribution < 1.29 is 4.74 Å². The molecule has 96 valence electrons. The number of hydrogen-bond donors (Lipinski definition) is 0. The van der Waals surface area contributed by atoms with Gasteiger partial charge in [-0.05, 0) is 47.5 Å². The van der Waals surface area contributed by atoms with E-state index < -0.39 is 0 Å². The van der Waals surface area contributed by atoms with E-state index in [2.05, 4.69) is 21.0 Å². The molecule has 1 fully saturated rings. The number of methoxy groups -OCH3 is 1. The van der Waals surface area contributed by atoms with Crippen molar-refractivity contribution in [3.05, 3.63) is 16.4 Å². The molecule has 0 bridgehead atoms. The minimum Gasteiger partial charge on any atom is -0.383 e. The lowest BCUT2D eigenvalue weighted by atomic mass is 10.1. The number of hydrogen-bond acceptors (Lipinski definition) is 2. The molecular formula is C12H18BrClN2O. The zero-order chi connectivity index (χ0) is 12.3. The lowest BCUT2D eigenvalue weighted by Gasteiger charge is -2.10. The summed E-state index contributed by atoms with van der Waals surface area (Å²) in [7, 11) is 1.71. The van der Waals surface area contributed by atoms with Crippen molar-refractivity contribution >= 4 is 27.5 Å². The molecule has 0 aromatic carbocycles. The zero-order valence-corrected chi connectivity index (χ0v) is 12.4. The summed E-state index contributed by atoms with van der Waals surface area (Å²) in [6, 6.07) is 0. The number of nitrogens with zero attached hydrogens (tertiary/aromatic N) is 2. The molecular weight excluding hydrogens is 304 g/mol. The van der Waals surface area contributed by atoms with E-state index >= 15 is 0 Å². The third-order valence-corrected chi connectivity index (χ3v) is 4.43. The van der Waals surface area contributed by atoms with E-state index in [1.54, 1.807) is 7.11 Å². The van der Waals surface area contributed by atoms with Gasteiger partial charge in [0.2, 0.25) is 0 Å². The smallest absolute Gasteiger partial charge is 0.0658 e. The minimum atomic E-state index is 0.327. The number of rotatable bonds is 7. The van der Waals surface area contributed by atoms with Crippen molar-refractivity contribution in [1.82, 2.24) is 9.78 Å². The summed E-state index contributed by atoms with van der Waals surface area (Å²) in [5.74, 6) is 0.755. The van der Waals surface area contributed by atoms with Gasteiger partial charge in [0, 0.05) is 12.5 Å². The van der Waals surface area contributed by atoms with Crippen LogP contribution in [-0.4, -0.2) is 28.9 Å². The highest BCUT2D eigenvalue weighted by atomic mass is 79.9. The molecule has 1 aromatic rings. The molecule has 0 amide bonds. The lowest BCUT2D eigenvalue weighted by molar-refractivity contribution is 0.182. The molecule has 0 aliphatic heterocycles. The van der Waals surface area contributed by atoms with E-state index in [9.17, 15) is 0 Å². The second kappa shape index (κ2) is 6.21. The summed E-state index contributed by atoms with van der Waals surface area (Å²) in [5.41, 5.74) is 1.23. The zero-order valence-electron chi connectivity index (χ0n) is 10.0. The topological polar surface area (TPSA) is 27.1 Å². The third-order valence-electron chi connectivity index (χ3n) is 3.20. The van der Waals surface area contributed by atoms with Crippen LogP contribution in [0, 0.1) is 5.92 Å². The summed E-state index contributed by atoms with van der Waals surface area (Å²) in [6.07, 6.45) is 6.47. The van der Waals surface area contributed by atoms with Gasteiger partial charge in [-0.2, -0.15) is 5.10 Å². The van der Waals surface area contributed by atoms with Crippen LogP contribution in [0.3, 0.4) is 0 Å². The summed E-state index contributed by atoms with van der Waals surface area (Å²) in [4.78, 5) is 0. The molecule has 1 unspecified atom stereocenters. The molecule has 5 heteroatoms. The van der Waals surface area contributed by atoms with Crippen LogP contribution in [0.4, 0.5) is 0 Å². The Morgan fingerprint density at radius 2 is 2.41 bits per heavy atom. The van der Waals surface area contributed by atoms with Gasteiger partial charge >= 0.3 is 0 Å². The number of alkyl halides is 1. The van der Waals surface area contributed by atoms with E-state index in [0.717, 1.165) is 29.8 Å². The molecule has 1 heterocycles. The van der Waals surface area contributed by atoms with E-state index in [0.29, 0.717) is 12.0 Å². The first-order valence-electron chi connectivity index (χ1n) is 6.05. The van der Waals surface area contributed by atoms with Gasteiger partial charge in [-0.15, -0.1) is 11.6 Å². The maximum atomic E-state index is 6.33. The van der Waals surface area contributed by atoms with E-state index in [4.69, 9.17) is 16.3 Å². The van der Waals surface area contributed by atoms with Gasteiger partial charge in [-0.1, -0.05) is 0 Å². The minimum absolute atomic E-state index is 0.327. The second-order valence-corrected chi connectivity index (χ2v) is 5.96. The van der Waals surface area contributed by atoms with E-state index in [-0.39, 0.29) is 0 Å². The molecule has 3 nitrogen and oxygen atoms in total. The van der Waals surface area contributed by atoms with Crippen molar-refractivity contribution in [2.45, 2.75) is 37.6 Å². The van der Waals surface area contributed by atoms with Crippen molar-refractivity contribution in [3.63, 3.8) is 0 Å². The predicted octanol–water partition coefficient (Wildman–Crippen LogP) is 3.24. The Morgan fingerprint density at radius 3 is 3.06 bits per heavy atom.